The van der Waals surface area contributed by atoms with Gasteiger partial charge in [-0.15, -0.1) is 0 Å². The molecule has 0 saturated heterocycles. The fraction of sp³-hybridized carbons (Fsp3) is 0.714. The monoisotopic (exact) mass is 360 g/mol. The minimum atomic E-state index is -1.14. The Labute approximate surface area is 154 Å². The summed E-state index contributed by atoms with van der Waals surface area (Å²) in [5, 5.41) is 10.8. The minimum absolute atomic E-state index is 0.0944. The summed E-state index contributed by atoms with van der Waals surface area (Å²) in [6.45, 7) is 4.00. The van der Waals surface area contributed by atoms with Crippen molar-refractivity contribution in [3.05, 3.63) is 23.8 Å². The number of methoxy groups -OCH3 is 2. The van der Waals surface area contributed by atoms with Gasteiger partial charge in [0, 0.05) is 11.3 Å². The molecule has 2 saturated carbocycles. The van der Waals surface area contributed by atoms with Crippen LogP contribution in [0.4, 0.5) is 0 Å². The fourth-order valence-electron chi connectivity index (χ4n) is 6.58. The molecule has 0 aliphatic heterocycles. The number of aliphatic hydroxyl groups is 1. The SMILES string of the molecule is COC(=O)[C@H]1[C@H]2C(=CC[C@H](O)[C@@]2(C)C(=O)OC)[C@@H]2CC[C@]3(C)C=C[C@@]21C3. The van der Waals surface area contributed by atoms with Crippen LogP contribution in [0.5, 0.6) is 0 Å². The molecule has 0 aromatic rings. The van der Waals surface area contributed by atoms with E-state index in [1.54, 1.807) is 6.92 Å². The highest BCUT2D eigenvalue weighted by molar-refractivity contribution is 5.83. The first-order chi connectivity index (χ1) is 12.2. The molecule has 0 aromatic heterocycles. The Kier molecular flexibility index (Phi) is 3.72. The third-order valence-corrected chi connectivity index (χ3v) is 7.83. The van der Waals surface area contributed by atoms with E-state index in [2.05, 4.69) is 25.2 Å². The molecular formula is C21H28O5. The molecule has 0 aromatic carbocycles. The van der Waals surface area contributed by atoms with Crippen molar-refractivity contribution in [1.82, 2.24) is 0 Å². The summed E-state index contributed by atoms with van der Waals surface area (Å²) in [5.74, 6) is -1.37. The summed E-state index contributed by atoms with van der Waals surface area (Å²) in [4.78, 5) is 25.8. The van der Waals surface area contributed by atoms with Crippen LogP contribution in [0.1, 0.15) is 39.5 Å². The first-order valence-electron chi connectivity index (χ1n) is 9.48. The summed E-state index contributed by atoms with van der Waals surface area (Å²) in [6, 6.07) is 0. The lowest BCUT2D eigenvalue weighted by atomic mass is 9.59. The quantitative estimate of drug-likeness (QED) is 0.605. The van der Waals surface area contributed by atoms with Gasteiger partial charge in [0.15, 0.2) is 0 Å². The van der Waals surface area contributed by atoms with E-state index in [9.17, 15) is 14.7 Å². The number of allylic oxidation sites excluding steroid dienone is 3. The van der Waals surface area contributed by atoms with E-state index in [1.165, 1.54) is 14.2 Å². The molecule has 4 aliphatic carbocycles. The molecule has 0 unspecified atom stereocenters. The van der Waals surface area contributed by atoms with Crippen molar-refractivity contribution in [1.29, 1.82) is 0 Å². The van der Waals surface area contributed by atoms with Gasteiger partial charge < -0.3 is 14.6 Å². The second-order valence-corrected chi connectivity index (χ2v) is 9.08. The molecule has 4 aliphatic rings. The number of rotatable bonds is 2. The van der Waals surface area contributed by atoms with Crippen molar-refractivity contribution < 1.29 is 24.2 Å². The van der Waals surface area contributed by atoms with Crippen LogP contribution in [0.15, 0.2) is 23.8 Å². The highest BCUT2D eigenvalue weighted by Gasteiger charge is 2.70. The van der Waals surface area contributed by atoms with Crippen molar-refractivity contribution in [2.75, 3.05) is 14.2 Å². The average Bonchev–Trinajstić information content (AvgIpc) is 3.07. The number of hydrogen-bond acceptors (Lipinski definition) is 5. The Morgan fingerprint density at radius 2 is 1.92 bits per heavy atom. The summed E-state index contributed by atoms with van der Waals surface area (Å²) in [7, 11) is 2.75. The van der Waals surface area contributed by atoms with Crippen LogP contribution in [0, 0.1) is 34.0 Å². The Morgan fingerprint density at radius 3 is 2.58 bits per heavy atom. The predicted molar refractivity (Wildman–Crippen MR) is 94.8 cm³/mol. The summed E-state index contributed by atoms with van der Waals surface area (Å²) < 4.78 is 10.3. The maximum absolute atomic E-state index is 13.0. The molecule has 0 amide bonds. The average molecular weight is 360 g/mol. The Bertz CT molecular complexity index is 724. The first kappa shape index (κ1) is 17.8. The molecule has 2 bridgehead atoms. The van der Waals surface area contributed by atoms with Crippen LogP contribution in [0.25, 0.3) is 0 Å². The molecule has 26 heavy (non-hydrogen) atoms. The third-order valence-electron chi connectivity index (χ3n) is 7.83. The second-order valence-electron chi connectivity index (χ2n) is 9.08. The number of hydrogen-bond donors (Lipinski definition) is 1. The van der Waals surface area contributed by atoms with Crippen LogP contribution in [0.3, 0.4) is 0 Å². The number of carbonyl (C=O) groups excluding carboxylic acids is 2. The summed E-state index contributed by atoms with van der Waals surface area (Å²) in [5.41, 5.74) is -0.226. The van der Waals surface area contributed by atoms with E-state index in [0.717, 1.165) is 24.8 Å². The van der Waals surface area contributed by atoms with Gasteiger partial charge in [0.1, 0.15) is 0 Å². The van der Waals surface area contributed by atoms with Crippen molar-refractivity contribution in [2.24, 2.45) is 34.0 Å². The van der Waals surface area contributed by atoms with Gasteiger partial charge in [0.25, 0.3) is 0 Å². The first-order valence-corrected chi connectivity index (χ1v) is 9.48. The third kappa shape index (κ3) is 1.95. The molecule has 1 N–H and O–H groups in total. The number of esters is 2. The topological polar surface area (TPSA) is 72.8 Å². The number of aliphatic hydroxyl groups excluding tert-OH is 1. The molecule has 5 heteroatoms. The summed E-state index contributed by atoms with van der Waals surface area (Å²) in [6.07, 6.45) is 9.05. The van der Waals surface area contributed by atoms with Gasteiger partial charge in [-0.3, -0.25) is 9.59 Å². The second kappa shape index (κ2) is 5.44. The molecule has 4 rings (SSSR count). The van der Waals surface area contributed by atoms with Gasteiger partial charge >= 0.3 is 11.9 Å². The summed E-state index contributed by atoms with van der Waals surface area (Å²) >= 11 is 0. The standard InChI is InChI=1S/C21H28O5/c1-19-8-7-13-12-5-6-14(22)20(2,18(24)26-4)15(12)16(17(23)25-3)21(13,11-19)10-9-19/h5,9-10,13-16,22H,6-8,11H2,1-4H3/t13-,14-,15+,16+,19+,20+,21+/m0/s1. The number of carbonyl (C=O) groups is 2. The predicted octanol–water partition coefficient (Wildman–Crippen LogP) is 2.64. The van der Waals surface area contributed by atoms with E-state index in [0.29, 0.717) is 6.42 Å². The minimum Gasteiger partial charge on any atom is -0.469 e. The van der Waals surface area contributed by atoms with Gasteiger partial charge in [-0.2, -0.15) is 0 Å². The molecule has 1 spiro atoms. The van der Waals surface area contributed by atoms with Crippen LogP contribution in [0.2, 0.25) is 0 Å². The van der Waals surface area contributed by atoms with E-state index in [1.807, 2.05) is 0 Å². The molecular weight excluding hydrogens is 332 g/mol. The zero-order valence-electron chi connectivity index (χ0n) is 16.0. The molecule has 7 atom stereocenters. The Balaban J connectivity index is 1.92. The smallest absolute Gasteiger partial charge is 0.314 e. The van der Waals surface area contributed by atoms with E-state index < -0.39 is 23.4 Å². The van der Waals surface area contributed by atoms with Gasteiger partial charge in [-0.05, 0) is 43.9 Å². The van der Waals surface area contributed by atoms with E-state index >= 15 is 0 Å². The van der Waals surface area contributed by atoms with E-state index in [-0.39, 0.29) is 28.6 Å². The van der Waals surface area contributed by atoms with Crippen LogP contribution in [-0.4, -0.2) is 37.4 Å². The lowest BCUT2D eigenvalue weighted by molar-refractivity contribution is -0.170. The van der Waals surface area contributed by atoms with Crippen LogP contribution < -0.4 is 0 Å². The van der Waals surface area contributed by atoms with Gasteiger partial charge in [-0.25, -0.2) is 0 Å². The Hall–Kier alpha value is -1.62. The maximum atomic E-state index is 13.0. The van der Waals surface area contributed by atoms with Crippen LogP contribution >= 0.6 is 0 Å². The van der Waals surface area contributed by atoms with Crippen LogP contribution in [-0.2, 0) is 19.1 Å². The fourth-order valence-corrected chi connectivity index (χ4v) is 6.58. The molecule has 142 valence electrons. The molecule has 0 heterocycles. The maximum Gasteiger partial charge on any atom is 0.314 e. The lowest BCUT2D eigenvalue weighted by Crippen LogP contribution is -2.52. The van der Waals surface area contributed by atoms with Crippen molar-refractivity contribution in [3.8, 4) is 0 Å². The Morgan fingerprint density at radius 1 is 1.19 bits per heavy atom. The number of fused-ring (bicyclic) bond motifs is 3. The largest absolute Gasteiger partial charge is 0.469 e. The highest BCUT2D eigenvalue weighted by atomic mass is 16.5. The van der Waals surface area contributed by atoms with Crippen molar-refractivity contribution in [3.63, 3.8) is 0 Å². The molecule has 0 radical (unpaired) electrons. The number of ether oxygens (including phenoxy) is 2. The van der Waals surface area contributed by atoms with Gasteiger partial charge in [0.05, 0.1) is 31.7 Å². The van der Waals surface area contributed by atoms with E-state index in [4.69, 9.17) is 9.47 Å². The normalized spacial score (nSPS) is 48.4. The molecule has 2 fully saturated rings. The zero-order chi connectivity index (χ0) is 18.9. The van der Waals surface area contributed by atoms with Gasteiger partial charge in [-0.1, -0.05) is 30.7 Å². The molecule has 5 nitrogen and oxygen atoms in total. The van der Waals surface area contributed by atoms with Crippen molar-refractivity contribution in [2.45, 2.75) is 45.6 Å². The zero-order valence-corrected chi connectivity index (χ0v) is 16.0. The van der Waals surface area contributed by atoms with Gasteiger partial charge in [0.2, 0.25) is 0 Å². The lowest BCUT2D eigenvalue weighted by Gasteiger charge is -2.44. The highest BCUT2D eigenvalue weighted by Crippen LogP contribution is 2.72. The van der Waals surface area contributed by atoms with Crippen molar-refractivity contribution >= 4 is 11.9 Å².